The van der Waals surface area contributed by atoms with E-state index in [1.165, 1.54) is 19.3 Å². The summed E-state index contributed by atoms with van der Waals surface area (Å²) in [6.45, 7) is 6.64. The first kappa shape index (κ1) is 23.2. The Hall–Kier alpha value is -1.84. The quantitative estimate of drug-likeness (QED) is 0.412. The van der Waals surface area contributed by atoms with Crippen LogP contribution in [-0.2, 0) is 16.1 Å². The molecule has 0 saturated carbocycles. The third-order valence-corrected chi connectivity index (χ3v) is 5.13. The molecule has 0 radical (unpaired) electrons. The van der Waals surface area contributed by atoms with E-state index < -0.39 is 6.09 Å². The smallest absolute Gasteiger partial charge is 0.407 e. The summed E-state index contributed by atoms with van der Waals surface area (Å²) in [5.41, 5.74) is 0.951. The number of hydrogen-bond donors (Lipinski definition) is 1. The van der Waals surface area contributed by atoms with Crippen molar-refractivity contribution in [1.29, 1.82) is 0 Å². The van der Waals surface area contributed by atoms with Gasteiger partial charge in [0.1, 0.15) is 12.4 Å². The second-order valence-corrected chi connectivity index (χ2v) is 7.41. The van der Waals surface area contributed by atoms with Crippen LogP contribution in [0.5, 0.6) is 0 Å². The van der Waals surface area contributed by atoms with E-state index in [9.17, 15) is 9.59 Å². The first-order valence-electron chi connectivity index (χ1n) is 10.5. The molecule has 1 unspecified atom stereocenters. The van der Waals surface area contributed by atoms with E-state index in [1.54, 1.807) is 6.92 Å². The first-order valence-corrected chi connectivity index (χ1v) is 10.5. The summed E-state index contributed by atoms with van der Waals surface area (Å²) in [5, 5.41) is 2.81. The zero-order chi connectivity index (χ0) is 19.9. The highest BCUT2D eigenvalue weighted by Crippen LogP contribution is 2.26. The fourth-order valence-corrected chi connectivity index (χ4v) is 3.46. The number of carbonyl (C=O) groups excluding carboxylic acids is 2. The van der Waals surface area contributed by atoms with Gasteiger partial charge in [-0.25, -0.2) is 4.79 Å². The lowest BCUT2D eigenvalue weighted by Gasteiger charge is -2.25. The minimum Gasteiger partial charge on any atom is -0.445 e. The number of hydrogen-bond acceptors (Lipinski definition) is 3. The van der Waals surface area contributed by atoms with Crippen molar-refractivity contribution in [2.75, 3.05) is 6.54 Å². The van der Waals surface area contributed by atoms with Gasteiger partial charge in [-0.3, -0.25) is 4.79 Å². The Morgan fingerprint density at radius 1 is 0.963 bits per heavy atom. The zero-order valence-electron chi connectivity index (χ0n) is 17.3. The Balaban J connectivity index is 2.51. The Labute approximate surface area is 165 Å². The van der Waals surface area contributed by atoms with E-state index in [-0.39, 0.29) is 18.3 Å². The molecule has 0 aliphatic carbocycles. The number of benzene rings is 1. The van der Waals surface area contributed by atoms with Crippen LogP contribution in [0.15, 0.2) is 30.3 Å². The van der Waals surface area contributed by atoms with Gasteiger partial charge >= 0.3 is 6.09 Å². The minimum absolute atomic E-state index is 0.123. The molecule has 0 saturated heterocycles. The van der Waals surface area contributed by atoms with Gasteiger partial charge in [-0.1, -0.05) is 82.7 Å². The highest BCUT2D eigenvalue weighted by molar-refractivity contribution is 5.79. The van der Waals surface area contributed by atoms with E-state index in [0.29, 0.717) is 12.5 Å². The summed E-state index contributed by atoms with van der Waals surface area (Å²) in [7, 11) is 0. The molecule has 4 nitrogen and oxygen atoms in total. The summed E-state index contributed by atoms with van der Waals surface area (Å²) >= 11 is 0. The van der Waals surface area contributed by atoms with Crippen molar-refractivity contribution in [3.05, 3.63) is 35.9 Å². The molecule has 0 bridgehead atoms. The van der Waals surface area contributed by atoms with Gasteiger partial charge in [-0.15, -0.1) is 0 Å². The molecular weight excluding hydrogens is 338 g/mol. The van der Waals surface area contributed by atoms with Gasteiger partial charge in [-0.05, 0) is 31.2 Å². The summed E-state index contributed by atoms with van der Waals surface area (Å²) < 4.78 is 5.27. The molecule has 1 rings (SSSR count). The standard InChI is InChI=1S/C23H37NO3/c1-4-6-8-12-16-21(15-7-5-2)22(19(3)25)17-24-23(26)27-18-20-13-10-9-11-14-20/h9-11,13-14,21-22H,4-8,12,15-18H2,1-3H3,(H,24,26)/t21-,22?/m0/s1. The van der Waals surface area contributed by atoms with Gasteiger partial charge in [0.25, 0.3) is 0 Å². The summed E-state index contributed by atoms with van der Waals surface area (Å²) in [4.78, 5) is 24.3. The second kappa shape index (κ2) is 14.2. The Morgan fingerprint density at radius 2 is 1.63 bits per heavy atom. The summed E-state index contributed by atoms with van der Waals surface area (Å²) in [6, 6.07) is 9.60. The van der Waals surface area contributed by atoms with Gasteiger partial charge in [0, 0.05) is 12.5 Å². The first-order chi connectivity index (χ1) is 13.1. The molecule has 0 heterocycles. The highest BCUT2D eigenvalue weighted by atomic mass is 16.5. The molecule has 1 N–H and O–H groups in total. The van der Waals surface area contributed by atoms with Gasteiger partial charge in [-0.2, -0.15) is 0 Å². The van der Waals surface area contributed by atoms with Crippen LogP contribution in [0.2, 0.25) is 0 Å². The van der Waals surface area contributed by atoms with Crippen LogP contribution in [0.4, 0.5) is 4.79 Å². The van der Waals surface area contributed by atoms with Crippen molar-refractivity contribution >= 4 is 11.9 Å². The van der Waals surface area contributed by atoms with Crippen molar-refractivity contribution < 1.29 is 14.3 Å². The molecule has 27 heavy (non-hydrogen) atoms. The van der Waals surface area contributed by atoms with E-state index >= 15 is 0 Å². The maximum atomic E-state index is 12.2. The van der Waals surface area contributed by atoms with Crippen LogP contribution in [0.3, 0.4) is 0 Å². The normalized spacial score (nSPS) is 13.0. The van der Waals surface area contributed by atoms with Crippen molar-refractivity contribution in [3.8, 4) is 0 Å². The average molecular weight is 376 g/mol. The van der Waals surface area contributed by atoms with Crippen molar-refractivity contribution in [3.63, 3.8) is 0 Å². The molecule has 1 aromatic rings. The molecule has 0 aliphatic heterocycles. The van der Waals surface area contributed by atoms with E-state index in [2.05, 4.69) is 19.2 Å². The summed E-state index contributed by atoms with van der Waals surface area (Å²) in [6.07, 6.45) is 8.74. The number of ketones is 1. The fraction of sp³-hybridized carbons (Fsp3) is 0.652. The lowest BCUT2D eigenvalue weighted by atomic mass is 9.81. The van der Waals surface area contributed by atoms with Gasteiger partial charge in [0.05, 0.1) is 0 Å². The minimum atomic E-state index is -0.453. The van der Waals surface area contributed by atoms with E-state index in [4.69, 9.17) is 4.74 Å². The average Bonchev–Trinajstić information content (AvgIpc) is 2.67. The third kappa shape index (κ3) is 10.2. The fourth-order valence-electron chi connectivity index (χ4n) is 3.46. The number of alkyl carbamates (subject to hydrolysis) is 1. The lowest BCUT2D eigenvalue weighted by molar-refractivity contribution is -0.122. The molecule has 4 heteroatoms. The SMILES string of the molecule is CCCCCC[C@H](CCCC)C(CNC(=O)OCc1ccccc1)C(C)=O. The maximum Gasteiger partial charge on any atom is 0.407 e. The third-order valence-electron chi connectivity index (χ3n) is 5.13. The number of carbonyl (C=O) groups is 2. The predicted octanol–water partition coefficient (Wildman–Crippen LogP) is 5.89. The van der Waals surface area contributed by atoms with Crippen LogP contribution in [0.1, 0.15) is 77.7 Å². The lowest BCUT2D eigenvalue weighted by Crippen LogP contribution is -2.36. The Morgan fingerprint density at radius 3 is 2.26 bits per heavy atom. The second-order valence-electron chi connectivity index (χ2n) is 7.41. The highest BCUT2D eigenvalue weighted by Gasteiger charge is 2.25. The van der Waals surface area contributed by atoms with Crippen molar-refractivity contribution in [1.82, 2.24) is 5.32 Å². The van der Waals surface area contributed by atoms with Crippen molar-refractivity contribution in [2.45, 2.75) is 78.7 Å². The molecule has 0 fully saturated rings. The van der Waals surface area contributed by atoms with Gasteiger partial charge in [0.2, 0.25) is 0 Å². The number of nitrogens with one attached hydrogen (secondary N) is 1. The number of amides is 1. The summed E-state index contributed by atoms with van der Waals surface area (Å²) in [5.74, 6) is 0.381. The number of unbranched alkanes of at least 4 members (excludes halogenated alkanes) is 4. The Kier molecular flexibility index (Phi) is 12.2. The number of ether oxygens (including phenoxy) is 1. The zero-order valence-corrected chi connectivity index (χ0v) is 17.3. The van der Waals surface area contributed by atoms with E-state index in [1.807, 2.05) is 30.3 Å². The largest absolute Gasteiger partial charge is 0.445 e. The molecule has 2 atom stereocenters. The van der Waals surface area contributed by atoms with E-state index in [0.717, 1.165) is 37.7 Å². The molecule has 1 aromatic carbocycles. The maximum absolute atomic E-state index is 12.2. The molecule has 0 spiro atoms. The van der Waals surface area contributed by atoms with Crippen molar-refractivity contribution in [2.24, 2.45) is 11.8 Å². The molecule has 152 valence electrons. The van der Waals surface area contributed by atoms with Crippen LogP contribution in [0.25, 0.3) is 0 Å². The topological polar surface area (TPSA) is 55.4 Å². The van der Waals surface area contributed by atoms with Crippen LogP contribution in [-0.4, -0.2) is 18.4 Å². The van der Waals surface area contributed by atoms with Crippen LogP contribution < -0.4 is 5.32 Å². The van der Waals surface area contributed by atoms with Gasteiger partial charge < -0.3 is 10.1 Å². The Bertz CT molecular complexity index is 530. The molecule has 0 aromatic heterocycles. The van der Waals surface area contributed by atoms with Gasteiger partial charge in [0.15, 0.2) is 0 Å². The molecule has 0 aliphatic rings. The van der Waals surface area contributed by atoms with Crippen LogP contribution in [0, 0.1) is 11.8 Å². The number of rotatable bonds is 14. The molecular formula is C23H37NO3. The number of Topliss-reactive ketones (excluding diaryl/α,β-unsaturated/α-hetero) is 1. The monoisotopic (exact) mass is 375 g/mol. The molecule has 1 amide bonds. The van der Waals surface area contributed by atoms with Crippen LogP contribution >= 0.6 is 0 Å². The predicted molar refractivity (Wildman–Crippen MR) is 111 cm³/mol.